The third-order valence-corrected chi connectivity index (χ3v) is 6.82. The van der Waals surface area contributed by atoms with Crippen molar-refractivity contribution in [2.24, 2.45) is 11.8 Å². The number of nitrogens with zero attached hydrogens (tertiary/aromatic N) is 2. The van der Waals surface area contributed by atoms with Gasteiger partial charge in [-0.1, -0.05) is 35.4 Å². The maximum absolute atomic E-state index is 13.3. The first kappa shape index (κ1) is 23.3. The fourth-order valence-electron chi connectivity index (χ4n) is 4.71. The van der Waals surface area contributed by atoms with E-state index in [4.69, 9.17) is 32.7 Å². The molecule has 12 heteroatoms. The second-order valence-corrected chi connectivity index (χ2v) is 9.17. The molecule has 0 spiro atoms. The summed E-state index contributed by atoms with van der Waals surface area (Å²) in [5, 5.41) is 14.3. The molecule has 5 rings (SSSR count). The Labute approximate surface area is 208 Å². The third-order valence-electron chi connectivity index (χ3n) is 6.29. The molecule has 0 aliphatic carbocycles. The quantitative estimate of drug-likeness (QED) is 0.258. The topological polar surface area (TPSA) is 128 Å². The van der Waals surface area contributed by atoms with Crippen LogP contribution in [0.5, 0.6) is 5.75 Å². The van der Waals surface area contributed by atoms with Gasteiger partial charge in [0.25, 0.3) is 11.6 Å². The predicted molar refractivity (Wildman–Crippen MR) is 124 cm³/mol. The fraction of sp³-hybridized carbons (Fsp3) is 0.261. The van der Waals surface area contributed by atoms with Gasteiger partial charge in [-0.3, -0.25) is 24.5 Å². The molecule has 0 unspecified atom stereocenters. The normalized spacial score (nSPS) is 26.2. The molecular weight excluding hydrogens is 501 g/mol. The summed E-state index contributed by atoms with van der Waals surface area (Å²) in [6, 6.07) is 9.80. The molecule has 2 bridgehead atoms. The van der Waals surface area contributed by atoms with Gasteiger partial charge in [0.05, 0.1) is 40.1 Å². The average molecular weight is 518 g/mol. The van der Waals surface area contributed by atoms with Gasteiger partial charge in [0, 0.05) is 17.2 Å². The van der Waals surface area contributed by atoms with Gasteiger partial charge in [-0.05, 0) is 30.3 Å². The van der Waals surface area contributed by atoms with Crippen molar-refractivity contribution >= 4 is 52.3 Å². The third kappa shape index (κ3) is 3.93. The zero-order valence-electron chi connectivity index (χ0n) is 17.9. The minimum Gasteiger partial charge on any atom is -0.482 e. The first-order valence-corrected chi connectivity index (χ1v) is 11.3. The number of fused-ring (bicyclic) bond motifs is 5. The number of amides is 3. The molecular formula is C23H17Cl2N3O7. The average Bonchev–Trinajstić information content (AvgIpc) is 3.47. The van der Waals surface area contributed by atoms with Crippen LogP contribution >= 0.6 is 23.2 Å². The van der Waals surface area contributed by atoms with Crippen LogP contribution in [-0.4, -0.2) is 47.5 Å². The molecule has 2 aromatic rings. The van der Waals surface area contributed by atoms with Crippen LogP contribution in [0.25, 0.3) is 0 Å². The number of carbonyl (C=O) groups is 3. The minimum absolute atomic E-state index is 0.0508. The molecule has 2 saturated heterocycles. The molecule has 0 aromatic heterocycles. The van der Waals surface area contributed by atoms with Crippen LogP contribution in [-0.2, 0) is 19.1 Å². The van der Waals surface area contributed by atoms with Gasteiger partial charge in [0.2, 0.25) is 11.8 Å². The van der Waals surface area contributed by atoms with Gasteiger partial charge < -0.3 is 14.8 Å². The van der Waals surface area contributed by atoms with Gasteiger partial charge in [-0.2, -0.15) is 0 Å². The van der Waals surface area contributed by atoms with E-state index in [2.05, 4.69) is 5.32 Å². The maximum Gasteiger partial charge on any atom is 0.269 e. The first-order valence-electron chi connectivity index (χ1n) is 10.5. The Morgan fingerprint density at radius 1 is 1.17 bits per heavy atom. The van der Waals surface area contributed by atoms with Crippen molar-refractivity contribution in [3.63, 3.8) is 0 Å². The Bertz CT molecular complexity index is 1280. The molecule has 0 saturated carbocycles. The number of halogens is 2. The van der Waals surface area contributed by atoms with Crippen LogP contribution in [0, 0.1) is 22.0 Å². The van der Waals surface area contributed by atoms with Crippen LogP contribution in [0.4, 0.5) is 11.4 Å². The number of benzene rings is 2. The van der Waals surface area contributed by atoms with Crippen LogP contribution < -0.4 is 15.0 Å². The second-order valence-electron chi connectivity index (χ2n) is 8.33. The zero-order chi connectivity index (χ0) is 24.9. The lowest BCUT2D eigenvalue weighted by molar-refractivity contribution is -0.384. The molecule has 2 fully saturated rings. The summed E-state index contributed by atoms with van der Waals surface area (Å²) in [6.07, 6.45) is 2.79. The highest BCUT2D eigenvalue weighted by atomic mass is 35.5. The van der Waals surface area contributed by atoms with E-state index in [-0.39, 0.29) is 35.3 Å². The highest BCUT2D eigenvalue weighted by Gasteiger charge is 2.67. The zero-order valence-corrected chi connectivity index (χ0v) is 19.4. The number of nitro groups is 1. The van der Waals surface area contributed by atoms with E-state index in [1.807, 2.05) is 0 Å². The molecule has 4 atom stereocenters. The summed E-state index contributed by atoms with van der Waals surface area (Å²) in [6.45, 7) is -0.384. The van der Waals surface area contributed by atoms with Crippen LogP contribution in [0.15, 0.2) is 54.6 Å². The molecule has 3 amide bonds. The Morgan fingerprint density at radius 2 is 1.91 bits per heavy atom. The Morgan fingerprint density at radius 3 is 2.60 bits per heavy atom. The number of non-ortho nitro benzene ring substituents is 1. The van der Waals surface area contributed by atoms with Crippen molar-refractivity contribution < 1.29 is 28.8 Å². The van der Waals surface area contributed by atoms with E-state index >= 15 is 0 Å². The van der Waals surface area contributed by atoms with E-state index in [1.165, 1.54) is 30.3 Å². The van der Waals surface area contributed by atoms with E-state index in [9.17, 15) is 24.5 Å². The highest BCUT2D eigenvalue weighted by molar-refractivity contribution is 6.35. The van der Waals surface area contributed by atoms with Crippen LogP contribution in [0.2, 0.25) is 10.0 Å². The smallest absolute Gasteiger partial charge is 0.269 e. The number of ether oxygens (including phenoxy) is 2. The molecule has 3 aliphatic rings. The number of hydrogen-bond acceptors (Lipinski definition) is 7. The molecule has 3 heterocycles. The fourth-order valence-corrected chi connectivity index (χ4v) is 5.17. The lowest BCUT2D eigenvalue weighted by Crippen LogP contribution is -2.49. The van der Waals surface area contributed by atoms with Gasteiger partial charge >= 0.3 is 0 Å². The van der Waals surface area contributed by atoms with Gasteiger partial charge in [0.15, 0.2) is 6.61 Å². The van der Waals surface area contributed by atoms with Crippen LogP contribution in [0.3, 0.4) is 0 Å². The molecule has 10 nitrogen and oxygen atoms in total. The second kappa shape index (κ2) is 8.63. The van der Waals surface area contributed by atoms with Gasteiger partial charge in [-0.15, -0.1) is 0 Å². The summed E-state index contributed by atoms with van der Waals surface area (Å²) in [5.74, 6) is -2.71. The molecule has 0 radical (unpaired) electrons. The number of anilines is 1. The van der Waals surface area contributed by atoms with Crippen molar-refractivity contribution in [2.75, 3.05) is 18.1 Å². The van der Waals surface area contributed by atoms with Crippen molar-refractivity contribution in [3.05, 3.63) is 74.8 Å². The summed E-state index contributed by atoms with van der Waals surface area (Å²) >= 11 is 11.9. The van der Waals surface area contributed by atoms with E-state index in [1.54, 1.807) is 24.3 Å². The van der Waals surface area contributed by atoms with Crippen LogP contribution in [0.1, 0.15) is 0 Å². The van der Waals surface area contributed by atoms with E-state index in [0.717, 1.165) is 4.90 Å². The molecule has 1 N–H and O–H groups in total. The largest absolute Gasteiger partial charge is 0.482 e. The lowest BCUT2D eigenvalue weighted by Gasteiger charge is -2.29. The number of hydrogen-bond donors (Lipinski definition) is 1. The van der Waals surface area contributed by atoms with Gasteiger partial charge in [0.1, 0.15) is 11.4 Å². The SMILES string of the molecule is O=C(COc1ccc(Cl)cc1Cl)NC[C@@]12C=C[C@@H](O1)[C@H]1C(=O)N(c3ccc([N+](=O)[O-])cc3)C(=O)[C@H]12. The standard InChI is InChI=1S/C23H17Cl2N3O7/c24-12-1-6-16(15(25)9-12)34-10-18(29)26-11-23-8-7-17(35-23)19-20(23)22(31)27(21(19)30)13-2-4-14(5-3-13)28(32)33/h1-9,17,19-20H,10-11H2,(H,26,29)/t17-,19-,20+,23-/m1/s1. The number of nitro benzene ring substituents is 1. The summed E-state index contributed by atoms with van der Waals surface area (Å²) in [4.78, 5) is 50.3. The van der Waals surface area contributed by atoms with Crippen molar-refractivity contribution in [1.82, 2.24) is 5.32 Å². The molecule has 35 heavy (non-hydrogen) atoms. The van der Waals surface area contributed by atoms with Gasteiger partial charge in [-0.25, -0.2) is 4.90 Å². The Balaban J connectivity index is 1.28. The Kier molecular flexibility index (Phi) is 5.74. The summed E-state index contributed by atoms with van der Waals surface area (Å²) in [5.41, 5.74) is -1.10. The molecule has 180 valence electrons. The van der Waals surface area contributed by atoms with E-state index < -0.39 is 46.2 Å². The summed E-state index contributed by atoms with van der Waals surface area (Å²) in [7, 11) is 0. The highest BCUT2D eigenvalue weighted by Crippen LogP contribution is 2.52. The van der Waals surface area contributed by atoms with Crippen molar-refractivity contribution in [3.8, 4) is 5.75 Å². The minimum atomic E-state index is -1.19. The molecule has 2 aromatic carbocycles. The van der Waals surface area contributed by atoms with Crippen molar-refractivity contribution in [2.45, 2.75) is 11.7 Å². The monoisotopic (exact) mass is 517 g/mol. The number of rotatable bonds is 7. The predicted octanol–water partition coefficient (Wildman–Crippen LogP) is 2.91. The van der Waals surface area contributed by atoms with Crippen molar-refractivity contribution in [1.29, 1.82) is 0 Å². The lowest BCUT2D eigenvalue weighted by atomic mass is 9.77. The number of imide groups is 1. The summed E-state index contributed by atoms with van der Waals surface area (Å²) < 4.78 is 11.4. The number of nitrogens with one attached hydrogen (secondary N) is 1. The number of carbonyl (C=O) groups excluding carboxylic acids is 3. The maximum atomic E-state index is 13.3. The first-order chi connectivity index (χ1) is 16.7. The molecule has 3 aliphatic heterocycles. The Hall–Kier alpha value is -3.47. The van der Waals surface area contributed by atoms with E-state index in [0.29, 0.717) is 5.02 Å².